The van der Waals surface area contributed by atoms with Crippen molar-refractivity contribution in [3.63, 3.8) is 0 Å². The van der Waals surface area contributed by atoms with E-state index in [1.807, 2.05) is 6.07 Å². The summed E-state index contributed by atoms with van der Waals surface area (Å²) in [5, 5.41) is 19.8. The number of carbonyl (C=O) groups excluding carboxylic acids is 1. The number of nitrogens with zero attached hydrogens (tertiary/aromatic N) is 2. The molecule has 182 valence electrons. The molecule has 4 aliphatic rings. The number of hydrogen-bond acceptors (Lipinski definition) is 7. The second-order valence-electron chi connectivity index (χ2n) is 9.45. The number of carboxylic acid groups (broad SMARTS) is 1. The van der Waals surface area contributed by atoms with Gasteiger partial charge >= 0.3 is 5.97 Å². The van der Waals surface area contributed by atoms with Gasteiger partial charge in [-0.1, -0.05) is 6.08 Å². The Morgan fingerprint density at radius 3 is 3.09 bits per heavy atom. The lowest BCUT2D eigenvalue weighted by Gasteiger charge is -2.32. The van der Waals surface area contributed by atoms with Crippen LogP contribution < -0.4 is 20.7 Å². The largest absolute Gasteiger partial charge is 0.488 e. The lowest BCUT2D eigenvalue weighted by molar-refractivity contribution is -0.140. The number of carboxylic acids is 1. The third-order valence-electron chi connectivity index (χ3n) is 7.16. The lowest BCUT2D eigenvalue weighted by atomic mass is 9.96. The summed E-state index contributed by atoms with van der Waals surface area (Å²) in [6, 6.07) is 3.01. The zero-order chi connectivity index (χ0) is 23.5. The average molecular weight is 468 g/mol. The van der Waals surface area contributed by atoms with Gasteiger partial charge in [-0.05, 0) is 68.9 Å². The Hall–Kier alpha value is -3.07. The zero-order valence-corrected chi connectivity index (χ0v) is 19.4. The van der Waals surface area contributed by atoms with Crippen molar-refractivity contribution in [3.05, 3.63) is 41.2 Å². The molecule has 3 atom stereocenters. The second-order valence-corrected chi connectivity index (χ2v) is 9.45. The van der Waals surface area contributed by atoms with Crippen LogP contribution in [-0.4, -0.2) is 59.3 Å². The molecule has 5 rings (SSSR count). The summed E-state index contributed by atoms with van der Waals surface area (Å²) in [6.07, 6.45) is 10.2. The molecule has 4 N–H and O–H groups in total. The van der Waals surface area contributed by atoms with Crippen LogP contribution in [0.5, 0.6) is 5.75 Å². The molecule has 9 nitrogen and oxygen atoms in total. The zero-order valence-electron chi connectivity index (χ0n) is 19.4. The molecular formula is C25H33N5O4. The van der Waals surface area contributed by atoms with Gasteiger partial charge in [0.2, 0.25) is 5.91 Å². The predicted molar refractivity (Wildman–Crippen MR) is 127 cm³/mol. The molecule has 0 aliphatic carbocycles. The van der Waals surface area contributed by atoms with Gasteiger partial charge in [-0.15, -0.1) is 0 Å². The number of pyridine rings is 1. The van der Waals surface area contributed by atoms with E-state index >= 15 is 0 Å². The molecule has 2 saturated heterocycles. The highest BCUT2D eigenvalue weighted by atomic mass is 16.5. The minimum Gasteiger partial charge on any atom is -0.488 e. The van der Waals surface area contributed by atoms with E-state index in [-0.39, 0.29) is 24.4 Å². The van der Waals surface area contributed by atoms with E-state index in [2.05, 4.69) is 33.1 Å². The fourth-order valence-electron chi connectivity index (χ4n) is 5.37. The number of allylic oxidation sites excluding steroid dienone is 3. The van der Waals surface area contributed by atoms with Crippen LogP contribution in [-0.2, 0) is 9.59 Å². The number of aromatic nitrogens is 1. The summed E-state index contributed by atoms with van der Waals surface area (Å²) in [4.78, 5) is 31.2. The number of dihydropyridines is 1. The number of rotatable bonds is 8. The van der Waals surface area contributed by atoms with Gasteiger partial charge in [0.15, 0.2) is 11.6 Å². The molecule has 2 unspecified atom stereocenters. The number of anilines is 1. The van der Waals surface area contributed by atoms with Crippen molar-refractivity contribution in [2.24, 2.45) is 5.92 Å². The topological polar surface area (TPSA) is 116 Å². The molecule has 1 aromatic rings. The Morgan fingerprint density at radius 1 is 1.29 bits per heavy atom. The molecular weight excluding hydrogens is 434 g/mol. The molecule has 1 amide bonds. The summed E-state index contributed by atoms with van der Waals surface area (Å²) in [7, 11) is 0. The van der Waals surface area contributed by atoms with Crippen molar-refractivity contribution < 1.29 is 19.4 Å². The lowest BCUT2D eigenvalue weighted by Crippen LogP contribution is -2.47. The minimum absolute atomic E-state index is 0.0386. The number of hydrogen-bond donors (Lipinski definition) is 4. The summed E-state index contributed by atoms with van der Waals surface area (Å²) >= 11 is 0. The Morgan fingerprint density at radius 2 is 2.21 bits per heavy atom. The number of aliphatic carboxylic acids is 1. The first-order valence-electron chi connectivity index (χ1n) is 12.4. The van der Waals surface area contributed by atoms with E-state index < -0.39 is 12.0 Å². The van der Waals surface area contributed by atoms with Crippen molar-refractivity contribution in [1.82, 2.24) is 20.5 Å². The van der Waals surface area contributed by atoms with Gasteiger partial charge in [0.25, 0.3) is 0 Å². The van der Waals surface area contributed by atoms with E-state index in [9.17, 15) is 14.7 Å². The van der Waals surface area contributed by atoms with Crippen LogP contribution in [0.4, 0.5) is 5.82 Å². The molecule has 0 spiro atoms. The number of ether oxygens (including phenoxy) is 1. The molecule has 0 bridgehead atoms. The van der Waals surface area contributed by atoms with Gasteiger partial charge in [-0.25, -0.2) is 4.98 Å². The van der Waals surface area contributed by atoms with E-state index in [0.717, 1.165) is 38.6 Å². The minimum atomic E-state index is -0.941. The fraction of sp³-hybridized carbons (Fsp3) is 0.560. The SMILES string of the molecule is O=C(O)C[C@@H](c1ccc2c(n1)NCCO2)N1CCC(CCCC2=CC=C3CCCNC3N2)C1=O. The number of carbonyl (C=O) groups is 2. The maximum absolute atomic E-state index is 13.3. The van der Waals surface area contributed by atoms with Crippen LogP contribution in [0.15, 0.2) is 35.6 Å². The molecule has 4 aliphatic heterocycles. The highest BCUT2D eigenvalue weighted by Gasteiger charge is 2.38. The molecule has 5 heterocycles. The predicted octanol–water partition coefficient (Wildman–Crippen LogP) is 2.54. The van der Waals surface area contributed by atoms with Crippen LogP contribution in [0.3, 0.4) is 0 Å². The van der Waals surface area contributed by atoms with Crippen molar-refractivity contribution in [2.45, 2.75) is 57.2 Å². The Bertz CT molecular complexity index is 1010. The van der Waals surface area contributed by atoms with E-state index in [1.165, 1.54) is 17.7 Å². The highest BCUT2D eigenvalue weighted by Crippen LogP contribution is 2.35. The molecule has 9 heteroatoms. The van der Waals surface area contributed by atoms with Crippen LogP contribution in [0.2, 0.25) is 0 Å². The van der Waals surface area contributed by atoms with Gasteiger partial charge in [-0.2, -0.15) is 0 Å². The van der Waals surface area contributed by atoms with Gasteiger partial charge in [0.05, 0.1) is 30.9 Å². The Kier molecular flexibility index (Phi) is 6.71. The van der Waals surface area contributed by atoms with E-state index in [1.54, 1.807) is 11.0 Å². The fourth-order valence-corrected chi connectivity index (χ4v) is 5.37. The van der Waals surface area contributed by atoms with Gasteiger partial charge < -0.3 is 25.4 Å². The Labute approximate surface area is 199 Å². The van der Waals surface area contributed by atoms with E-state index in [0.29, 0.717) is 37.0 Å². The number of amides is 1. The highest BCUT2D eigenvalue weighted by molar-refractivity contribution is 5.82. The molecule has 0 saturated carbocycles. The number of piperidine rings is 1. The average Bonchev–Trinajstić information content (AvgIpc) is 3.22. The number of fused-ring (bicyclic) bond motifs is 2. The number of nitrogens with one attached hydrogen (secondary N) is 3. The van der Waals surface area contributed by atoms with E-state index in [4.69, 9.17) is 4.74 Å². The number of likely N-dealkylation sites (tertiary alicyclic amines) is 1. The van der Waals surface area contributed by atoms with Crippen molar-refractivity contribution >= 4 is 17.7 Å². The van der Waals surface area contributed by atoms with Crippen molar-refractivity contribution in [3.8, 4) is 5.75 Å². The van der Waals surface area contributed by atoms with Gasteiger partial charge in [-0.3, -0.25) is 14.9 Å². The quantitative estimate of drug-likeness (QED) is 0.461. The third-order valence-corrected chi connectivity index (χ3v) is 7.16. The van der Waals surface area contributed by atoms with Gasteiger partial charge in [0, 0.05) is 18.2 Å². The normalized spacial score (nSPS) is 24.6. The first-order valence-corrected chi connectivity index (χ1v) is 12.4. The molecule has 0 aromatic carbocycles. The molecule has 34 heavy (non-hydrogen) atoms. The van der Waals surface area contributed by atoms with Crippen LogP contribution >= 0.6 is 0 Å². The summed E-state index contributed by atoms with van der Waals surface area (Å²) in [6.45, 7) is 2.81. The second kappa shape index (κ2) is 10.0. The first kappa shape index (κ1) is 22.7. The monoisotopic (exact) mass is 467 g/mol. The van der Waals surface area contributed by atoms with Gasteiger partial charge in [0.1, 0.15) is 6.61 Å². The standard InChI is InChI=1S/C25H33N5O4/c31-22(32)15-20(19-8-9-21-24(29-19)27-12-14-34-21)30-13-10-17(25(30)33)3-1-5-18-7-6-16-4-2-11-26-23(16)28-18/h6-9,17,20,23,26,28H,1-5,10-15H2,(H,27,29)(H,31,32)/t17?,20-,23?/m0/s1. The third kappa shape index (κ3) is 4.89. The van der Waals surface area contributed by atoms with Crippen LogP contribution in [0, 0.1) is 5.92 Å². The molecule has 1 aromatic heterocycles. The smallest absolute Gasteiger partial charge is 0.305 e. The van der Waals surface area contributed by atoms with Crippen LogP contribution in [0.25, 0.3) is 0 Å². The van der Waals surface area contributed by atoms with Crippen molar-refractivity contribution in [1.29, 1.82) is 0 Å². The Balaban J connectivity index is 1.20. The summed E-state index contributed by atoms with van der Waals surface area (Å²) < 4.78 is 5.59. The maximum atomic E-state index is 13.3. The van der Waals surface area contributed by atoms with Crippen molar-refractivity contribution in [2.75, 3.05) is 31.6 Å². The summed E-state index contributed by atoms with van der Waals surface area (Å²) in [5.41, 5.74) is 3.22. The molecule has 0 radical (unpaired) electrons. The molecule has 2 fully saturated rings. The maximum Gasteiger partial charge on any atom is 0.305 e. The first-order chi connectivity index (χ1) is 16.6. The summed E-state index contributed by atoms with van der Waals surface area (Å²) in [5.74, 6) is 0.296. The van der Waals surface area contributed by atoms with Crippen LogP contribution in [0.1, 0.15) is 56.7 Å².